The van der Waals surface area contributed by atoms with Crippen LogP contribution in [0.4, 0.5) is 5.69 Å². The first-order valence-corrected chi connectivity index (χ1v) is 8.35. The van der Waals surface area contributed by atoms with Gasteiger partial charge in [-0.2, -0.15) is 0 Å². The zero-order valence-electron chi connectivity index (χ0n) is 11.4. The molecule has 1 spiro atoms. The van der Waals surface area contributed by atoms with E-state index in [4.69, 9.17) is 22.1 Å². The van der Waals surface area contributed by atoms with Crippen LogP contribution in [-0.4, -0.2) is 36.1 Å². The molecule has 6 heteroatoms. The zero-order valence-corrected chi connectivity index (χ0v) is 13.8. The molecule has 2 heterocycles. The van der Waals surface area contributed by atoms with Gasteiger partial charge in [0.05, 0.1) is 35.0 Å². The van der Waals surface area contributed by atoms with E-state index < -0.39 is 0 Å². The van der Waals surface area contributed by atoms with Gasteiger partial charge in [0.2, 0.25) is 0 Å². The van der Waals surface area contributed by atoms with Gasteiger partial charge in [0.15, 0.2) is 0 Å². The van der Waals surface area contributed by atoms with E-state index in [1.165, 1.54) is 6.42 Å². The van der Waals surface area contributed by atoms with Crippen LogP contribution in [0.3, 0.4) is 0 Å². The Kier molecular flexibility index (Phi) is 3.04. The lowest BCUT2D eigenvalue weighted by atomic mass is 9.97. The molecule has 1 amide bonds. The molecule has 4 rings (SSSR count). The van der Waals surface area contributed by atoms with Crippen LogP contribution in [-0.2, 0) is 4.74 Å². The number of rotatable bonds is 1. The van der Waals surface area contributed by atoms with Crippen LogP contribution in [0.1, 0.15) is 23.2 Å². The maximum atomic E-state index is 12.7. The Balaban J connectivity index is 1.59. The predicted octanol–water partition coefficient (Wildman–Crippen LogP) is 2.94. The van der Waals surface area contributed by atoms with E-state index in [9.17, 15) is 4.79 Å². The number of hydrogen-bond donors (Lipinski definition) is 1. The second-order valence-corrected chi connectivity index (χ2v) is 7.63. The van der Waals surface area contributed by atoms with E-state index in [0.717, 1.165) is 30.0 Å². The number of nitrogen functional groups attached to an aromatic ring is 1. The van der Waals surface area contributed by atoms with Gasteiger partial charge < -0.3 is 15.4 Å². The van der Waals surface area contributed by atoms with Crippen molar-refractivity contribution in [3.05, 3.63) is 27.2 Å². The van der Waals surface area contributed by atoms with Gasteiger partial charge in [0.25, 0.3) is 5.91 Å². The molecule has 0 radical (unpaired) electrons. The number of anilines is 1. The summed E-state index contributed by atoms with van der Waals surface area (Å²) in [5.41, 5.74) is 6.70. The third-order valence-corrected chi connectivity index (χ3v) is 5.83. The molecular formula is C15H16BrClN2O2. The summed E-state index contributed by atoms with van der Waals surface area (Å²) in [6.07, 6.45) is 2.19. The number of amides is 1. The Morgan fingerprint density at radius 3 is 3.00 bits per heavy atom. The number of halogens is 2. The van der Waals surface area contributed by atoms with E-state index in [2.05, 4.69) is 15.9 Å². The lowest BCUT2D eigenvalue weighted by Gasteiger charge is -2.26. The fourth-order valence-electron chi connectivity index (χ4n) is 3.79. The Labute approximate surface area is 136 Å². The predicted molar refractivity (Wildman–Crippen MR) is 84.4 cm³/mol. The Morgan fingerprint density at radius 2 is 2.33 bits per heavy atom. The topological polar surface area (TPSA) is 55.6 Å². The largest absolute Gasteiger partial charge is 0.397 e. The van der Waals surface area contributed by atoms with E-state index in [-0.39, 0.29) is 11.5 Å². The molecule has 3 aliphatic rings. The van der Waals surface area contributed by atoms with Crippen LogP contribution in [0.5, 0.6) is 0 Å². The molecule has 3 fully saturated rings. The molecule has 2 aliphatic heterocycles. The van der Waals surface area contributed by atoms with Gasteiger partial charge in [0.1, 0.15) is 0 Å². The molecule has 112 valence electrons. The van der Waals surface area contributed by atoms with Gasteiger partial charge in [-0.05, 0) is 36.8 Å². The van der Waals surface area contributed by atoms with Gasteiger partial charge in [-0.15, -0.1) is 0 Å². The third kappa shape index (κ3) is 2.09. The highest BCUT2D eigenvalue weighted by molar-refractivity contribution is 9.10. The summed E-state index contributed by atoms with van der Waals surface area (Å²) in [5.74, 6) is 1.32. The molecule has 3 atom stereocenters. The number of nitrogens with two attached hydrogens (primary N) is 1. The van der Waals surface area contributed by atoms with Crippen molar-refractivity contribution in [2.45, 2.75) is 18.4 Å². The van der Waals surface area contributed by atoms with Crippen molar-refractivity contribution in [1.29, 1.82) is 0 Å². The molecule has 0 aromatic heterocycles. The summed E-state index contributed by atoms with van der Waals surface area (Å²) in [6, 6.07) is 3.44. The van der Waals surface area contributed by atoms with Crippen molar-refractivity contribution >= 4 is 39.1 Å². The second-order valence-electron chi connectivity index (χ2n) is 6.30. The average molecular weight is 372 g/mol. The number of carbonyl (C=O) groups is 1. The number of carbonyl (C=O) groups excluding carboxylic acids is 1. The highest BCUT2D eigenvalue weighted by atomic mass is 79.9. The molecule has 2 saturated heterocycles. The number of ether oxygens (including phenoxy) is 1. The average Bonchev–Trinajstić information content (AvgIpc) is 3.02. The maximum Gasteiger partial charge on any atom is 0.256 e. The molecule has 1 aromatic carbocycles. The molecule has 21 heavy (non-hydrogen) atoms. The first-order valence-electron chi connectivity index (χ1n) is 7.18. The highest BCUT2D eigenvalue weighted by Crippen LogP contribution is 2.57. The summed E-state index contributed by atoms with van der Waals surface area (Å²) < 4.78 is 6.76. The van der Waals surface area contributed by atoms with Crippen molar-refractivity contribution in [3.8, 4) is 0 Å². The highest BCUT2D eigenvalue weighted by Gasteiger charge is 2.61. The lowest BCUT2D eigenvalue weighted by Crippen LogP contribution is -2.38. The summed E-state index contributed by atoms with van der Waals surface area (Å²) in [7, 11) is 0. The minimum atomic E-state index is -0.0924. The summed E-state index contributed by atoms with van der Waals surface area (Å²) in [6.45, 7) is 2.26. The van der Waals surface area contributed by atoms with E-state index in [1.54, 1.807) is 12.1 Å². The van der Waals surface area contributed by atoms with Crippen molar-refractivity contribution in [1.82, 2.24) is 4.90 Å². The smallest absolute Gasteiger partial charge is 0.256 e. The molecule has 0 bridgehead atoms. The summed E-state index contributed by atoms with van der Waals surface area (Å²) in [5, 5.41) is 0.404. The normalized spacial score (nSPS) is 33.5. The molecule has 1 aliphatic carbocycles. The quantitative estimate of drug-likeness (QED) is 0.772. The van der Waals surface area contributed by atoms with Crippen LogP contribution >= 0.6 is 27.5 Å². The molecule has 1 saturated carbocycles. The van der Waals surface area contributed by atoms with Crippen LogP contribution < -0.4 is 5.73 Å². The molecule has 3 unspecified atom stereocenters. The fourth-order valence-corrected chi connectivity index (χ4v) is 4.60. The van der Waals surface area contributed by atoms with Crippen molar-refractivity contribution in [2.75, 3.05) is 25.4 Å². The van der Waals surface area contributed by atoms with Crippen LogP contribution in [0.15, 0.2) is 16.6 Å². The Bertz CT molecular complexity index is 638. The van der Waals surface area contributed by atoms with Crippen LogP contribution in [0.25, 0.3) is 0 Å². The van der Waals surface area contributed by atoms with Gasteiger partial charge in [-0.3, -0.25) is 4.79 Å². The third-order valence-electron chi connectivity index (χ3n) is 5.06. The van der Waals surface area contributed by atoms with Gasteiger partial charge in [-0.1, -0.05) is 27.5 Å². The van der Waals surface area contributed by atoms with E-state index >= 15 is 0 Å². The minimum Gasteiger partial charge on any atom is -0.397 e. The minimum absolute atomic E-state index is 0.0553. The Hall–Kier alpha value is -0.780. The molecule has 1 aromatic rings. The first-order chi connectivity index (χ1) is 10.00. The summed E-state index contributed by atoms with van der Waals surface area (Å²) >= 11 is 9.43. The standard InChI is InChI=1S/C15H16BrClN2O2/c16-9-4-10(13(18)12(17)5-9)14(20)19-2-1-15(7-19)11-3-8(11)6-21-15/h4-5,8,11H,1-3,6-7,18H2. The van der Waals surface area contributed by atoms with E-state index in [1.807, 2.05) is 4.90 Å². The SMILES string of the molecule is Nc1c(Cl)cc(Br)cc1C(=O)N1CCC2(C1)OCC1CC12. The van der Waals surface area contributed by atoms with Gasteiger partial charge in [-0.25, -0.2) is 0 Å². The first kappa shape index (κ1) is 13.9. The van der Waals surface area contributed by atoms with Crippen molar-refractivity contribution in [2.24, 2.45) is 11.8 Å². The maximum absolute atomic E-state index is 12.7. The van der Waals surface area contributed by atoms with Gasteiger partial charge >= 0.3 is 0 Å². The second kappa shape index (κ2) is 4.61. The number of likely N-dealkylation sites (tertiary alicyclic amines) is 1. The van der Waals surface area contributed by atoms with Crippen LogP contribution in [0, 0.1) is 11.8 Å². The van der Waals surface area contributed by atoms with Gasteiger partial charge in [0, 0.05) is 11.0 Å². The molecular weight excluding hydrogens is 356 g/mol. The monoisotopic (exact) mass is 370 g/mol. The number of hydrogen-bond acceptors (Lipinski definition) is 3. The Morgan fingerprint density at radius 1 is 1.52 bits per heavy atom. The number of benzene rings is 1. The zero-order chi connectivity index (χ0) is 14.8. The van der Waals surface area contributed by atoms with Crippen LogP contribution in [0.2, 0.25) is 5.02 Å². The molecule has 4 nitrogen and oxygen atoms in total. The lowest BCUT2D eigenvalue weighted by molar-refractivity contribution is -0.0149. The number of fused-ring (bicyclic) bond motifs is 2. The van der Waals surface area contributed by atoms with E-state index in [0.29, 0.717) is 28.7 Å². The van der Waals surface area contributed by atoms with Crippen molar-refractivity contribution in [3.63, 3.8) is 0 Å². The van der Waals surface area contributed by atoms with Crippen molar-refractivity contribution < 1.29 is 9.53 Å². The fraction of sp³-hybridized carbons (Fsp3) is 0.533. The number of nitrogens with zero attached hydrogens (tertiary/aromatic N) is 1. The summed E-state index contributed by atoms with van der Waals surface area (Å²) in [4.78, 5) is 14.6. The molecule has 2 N–H and O–H groups in total.